The molecule has 0 aromatic carbocycles. The Labute approximate surface area is 333 Å². The minimum atomic E-state index is -2.98. The van der Waals surface area contributed by atoms with E-state index in [9.17, 15) is 28.2 Å². The van der Waals surface area contributed by atoms with Gasteiger partial charge in [0.25, 0.3) is 0 Å². The van der Waals surface area contributed by atoms with Gasteiger partial charge < -0.3 is 20.3 Å². The first-order valence-corrected chi connectivity index (χ1v) is 23.7. The van der Waals surface area contributed by atoms with Crippen LogP contribution in [0.25, 0.3) is 0 Å². The number of carboxylic acids is 1. The van der Waals surface area contributed by atoms with Gasteiger partial charge in [-0.15, -0.1) is 0 Å². The number of nitrogens with zero attached hydrogens (tertiary/aromatic N) is 1. The van der Waals surface area contributed by atoms with Gasteiger partial charge in [0.2, 0.25) is 0 Å². The number of fused-ring (bicyclic) bond motifs is 7. The Kier molecular flexibility index (Phi) is 11.7. The van der Waals surface area contributed by atoms with E-state index in [2.05, 4.69) is 58.3 Å². The number of allylic oxidation sites excluding steroid dienone is 1. The van der Waals surface area contributed by atoms with Gasteiger partial charge in [-0.25, -0.2) is 8.42 Å². The molecule has 314 valence electrons. The smallest absolute Gasteiger partial charge is 0.306 e. The number of aliphatic carboxylic acids is 1. The average molecular weight is 789 g/mol. The Hall–Kier alpha value is -1.49. The average Bonchev–Trinajstić information content (AvgIpc) is 3.44. The van der Waals surface area contributed by atoms with E-state index in [0.717, 1.165) is 45.1 Å². The zero-order chi connectivity index (χ0) is 40.6. The van der Waals surface area contributed by atoms with Crippen LogP contribution < -0.4 is 5.32 Å². The highest BCUT2D eigenvalue weighted by Crippen LogP contribution is 2.76. The summed E-state index contributed by atoms with van der Waals surface area (Å²) in [6.45, 7) is 26.7. The second-order valence-corrected chi connectivity index (χ2v) is 24.1. The molecular formula is C45H76N2O7S. The van der Waals surface area contributed by atoms with Crippen LogP contribution >= 0.6 is 0 Å². The van der Waals surface area contributed by atoms with Gasteiger partial charge in [-0.3, -0.25) is 14.5 Å². The van der Waals surface area contributed by atoms with Crippen LogP contribution in [0, 0.1) is 56.7 Å². The summed E-state index contributed by atoms with van der Waals surface area (Å²) < 4.78 is 30.6. The van der Waals surface area contributed by atoms with Crippen LogP contribution in [0.4, 0.5) is 0 Å². The van der Waals surface area contributed by atoms with Crippen molar-refractivity contribution in [1.82, 2.24) is 10.2 Å². The van der Waals surface area contributed by atoms with E-state index >= 15 is 0 Å². The molecule has 0 bridgehead atoms. The predicted molar refractivity (Wildman–Crippen MR) is 218 cm³/mol. The maximum absolute atomic E-state index is 13.3. The first-order chi connectivity index (χ1) is 25.4. The van der Waals surface area contributed by atoms with E-state index in [4.69, 9.17) is 4.74 Å². The highest BCUT2D eigenvalue weighted by Gasteiger charge is 2.71. The van der Waals surface area contributed by atoms with Gasteiger partial charge >= 0.3 is 11.9 Å². The molecule has 6 aliphatic rings. The second-order valence-electron chi connectivity index (χ2n) is 21.8. The van der Waals surface area contributed by atoms with Gasteiger partial charge in [0, 0.05) is 30.1 Å². The Morgan fingerprint density at radius 2 is 1.58 bits per heavy atom. The van der Waals surface area contributed by atoms with Crippen LogP contribution in [-0.2, 0) is 24.2 Å². The third-order valence-corrected chi connectivity index (χ3v) is 19.5. The molecule has 3 N–H and O–H groups in total. The quantitative estimate of drug-likeness (QED) is 0.135. The summed E-state index contributed by atoms with van der Waals surface area (Å²) in [6.07, 6.45) is 11.5. The number of rotatable bonds is 12. The van der Waals surface area contributed by atoms with E-state index in [1.165, 1.54) is 37.7 Å². The molecule has 9 nitrogen and oxygen atoms in total. The predicted octanol–water partition coefficient (Wildman–Crippen LogP) is 7.66. The van der Waals surface area contributed by atoms with Crippen molar-refractivity contribution in [1.29, 1.82) is 0 Å². The van der Waals surface area contributed by atoms with Crippen molar-refractivity contribution in [3.8, 4) is 0 Å². The molecule has 0 aromatic heterocycles. The minimum Gasteiger partial charge on any atom is -0.481 e. The lowest BCUT2D eigenvalue weighted by Gasteiger charge is -2.73. The molecule has 5 aliphatic carbocycles. The topological polar surface area (TPSA) is 133 Å². The van der Waals surface area contributed by atoms with E-state index in [0.29, 0.717) is 42.7 Å². The minimum absolute atomic E-state index is 0.0511. The van der Waals surface area contributed by atoms with E-state index in [-0.39, 0.29) is 69.7 Å². The summed E-state index contributed by atoms with van der Waals surface area (Å²) in [6, 6.07) is -0.0537. The second kappa shape index (κ2) is 15.0. The summed E-state index contributed by atoms with van der Waals surface area (Å²) in [5.74, 6) is 1.84. The summed E-state index contributed by atoms with van der Waals surface area (Å²) in [7, 11) is -2.98. The van der Waals surface area contributed by atoms with Crippen molar-refractivity contribution in [2.24, 2.45) is 56.7 Å². The number of carbonyl (C=O) groups excluding carboxylic acids is 1. The Morgan fingerprint density at radius 3 is 2.20 bits per heavy atom. The Bertz CT molecular complexity index is 1580. The normalized spacial score (nSPS) is 42.1. The van der Waals surface area contributed by atoms with E-state index in [1.54, 1.807) is 0 Å². The number of sulfone groups is 1. The van der Waals surface area contributed by atoms with Crippen molar-refractivity contribution in [3.63, 3.8) is 0 Å². The SMILES string of the molecule is C=C(C)[C@@H]1CC[C@]2(NCCC(C(C)O)N3CCS(=O)(=O)CC3)CC[C@]3(C)[C@H](CC[C@@H]4[C@@]5(C)CC[C@H](OC(=O)CC(C)(C)CC(=O)O)C(C)(C)[C@@H]5CC[C@]43C)[C@@H]12. The van der Waals surface area contributed by atoms with Gasteiger partial charge in [0.15, 0.2) is 9.84 Å². The van der Waals surface area contributed by atoms with Crippen LogP contribution in [0.1, 0.15) is 146 Å². The van der Waals surface area contributed by atoms with Crippen LogP contribution in [0.15, 0.2) is 12.2 Å². The maximum Gasteiger partial charge on any atom is 0.306 e. The Morgan fingerprint density at radius 1 is 0.909 bits per heavy atom. The highest BCUT2D eigenvalue weighted by molar-refractivity contribution is 7.91. The molecule has 5 saturated carbocycles. The molecule has 2 unspecified atom stereocenters. The largest absolute Gasteiger partial charge is 0.481 e. The molecule has 0 aromatic rings. The molecule has 0 amide bonds. The molecular weight excluding hydrogens is 713 g/mol. The number of nitrogens with one attached hydrogen (secondary N) is 1. The van der Waals surface area contributed by atoms with Crippen LogP contribution in [0.5, 0.6) is 0 Å². The van der Waals surface area contributed by atoms with Gasteiger partial charge in [0.05, 0.1) is 30.5 Å². The lowest BCUT2D eigenvalue weighted by atomic mass is 9.32. The molecule has 6 rings (SSSR count). The Balaban J connectivity index is 1.19. The summed E-state index contributed by atoms with van der Waals surface area (Å²) >= 11 is 0. The van der Waals surface area contributed by atoms with Crippen LogP contribution in [-0.4, -0.2) is 90.4 Å². The number of aliphatic hydroxyl groups is 1. The molecule has 6 fully saturated rings. The van der Waals surface area contributed by atoms with Crippen molar-refractivity contribution in [3.05, 3.63) is 12.2 Å². The number of ether oxygens (including phenoxy) is 1. The molecule has 55 heavy (non-hydrogen) atoms. The van der Waals surface area contributed by atoms with Crippen LogP contribution in [0.2, 0.25) is 0 Å². The molecule has 1 saturated heterocycles. The lowest BCUT2D eigenvalue weighted by molar-refractivity contribution is -0.246. The first kappa shape index (κ1) is 43.1. The fraction of sp³-hybridized carbons (Fsp3) is 0.911. The van der Waals surface area contributed by atoms with Gasteiger partial charge in [-0.2, -0.15) is 0 Å². The van der Waals surface area contributed by atoms with E-state index in [1.807, 2.05) is 20.8 Å². The number of hydrogen-bond acceptors (Lipinski definition) is 8. The maximum atomic E-state index is 13.3. The van der Waals surface area contributed by atoms with Crippen molar-refractivity contribution in [2.45, 2.75) is 170 Å². The lowest BCUT2D eigenvalue weighted by Crippen LogP contribution is -2.69. The number of carbonyl (C=O) groups is 2. The molecule has 0 radical (unpaired) electrons. The summed E-state index contributed by atoms with van der Waals surface area (Å²) in [5.41, 5.74) is 1.09. The summed E-state index contributed by atoms with van der Waals surface area (Å²) in [4.78, 5) is 26.9. The number of carboxylic acid groups (broad SMARTS) is 1. The first-order valence-electron chi connectivity index (χ1n) is 21.9. The van der Waals surface area contributed by atoms with Gasteiger partial charge in [-0.05, 0) is 142 Å². The van der Waals surface area contributed by atoms with E-state index < -0.39 is 27.3 Å². The third-order valence-electron chi connectivity index (χ3n) is 17.9. The zero-order valence-corrected chi connectivity index (χ0v) is 36.7. The van der Waals surface area contributed by atoms with Gasteiger partial charge in [-0.1, -0.05) is 60.6 Å². The van der Waals surface area contributed by atoms with Crippen molar-refractivity contribution in [2.75, 3.05) is 31.1 Å². The monoisotopic (exact) mass is 789 g/mol. The fourth-order valence-electron chi connectivity index (χ4n) is 15.0. The molecule has 10 heteroatoms. The zero-order valence-electron chi connectivity index (χ0n) is 35.8. The fourth-order valence-corrected chi connectivity index (χ4v) is 16.2. The standard InChI is InChI=1S/C45H76N2O7S/c1-29(2)31-13-19-45(46-22-16-33(30(3)48)47-23-25-55(52,53)26-24-47)21-20-43(9)32(39(31)45)11-12-35-42(8)17-15-36(41(6,7)34(42)14-18-44(35,43)10)54-38(51)28-40(4,5)27-37(49)50/h30-36,39,46,48H,1,11-28H2,2-10H3,(H,49,50)/t30?,31-,32+,33?,34-,35+,36-,39+,42-,43+,44+,45-/m0/s1. The molecule has 1 aliphatic heterocycles. The number of esters is 1. The van der Waals surface area contributed by atoms with Gasteiger partial charge in [0.1, 0.15) is 6.10 Å². The molecule has 0 spiro atoms. The highest BCUT2D eigenvalue weighted by atomic mass is 32.2. The van der Waals surface area contributed by atoms with Crippen molar-refractivity contribution < 1.29 is 33.0 Å². The van der Waals surface area contributed by atoms with Crippen LogP contribution in [0.3, 0.4) is 0 Å². The third kappa shape index (κ3) is 7.63. The number of aliphatic hydroxyl groups excluding tert-OH is 1. The summed E-state index contributed by atoms with van der Waals surface area (Å²) in [5, 5.41) is 24.4. The van der Waals surface area contributed by atoms with Crippen molar-refractivity contribution >= 4 is 21.8 Å². The molecule has 12 atom stereocenters. The molecule has 1 heterocycles. The number of hydrogen-bond donors (Lipinski definition) is 3.